The molecule has 1 aromatic carbocycles. The van der Waals surface area contributed by atoms with Crippen molar-refractivity contribution < 1.29 is 14.6 Å². The average molecular weight is 275 g/mol. The number of hydrogen-bond acceptors (Lipinski definition) is 4. The van der Waals surface area contributed by atoms with Crippen LogP contribution in [0.15, 0.2) is 36.5 Å². The predicted molar refractivity (Wildman–Crippen MR) is 72.5 cm³/mol. The highest BCUT2D eigenvalue weighted by molar-refractivity contribution is 5.69. The van der Waals surface area contributed by atoms with E-state index in [1.54, 1.807) is 4.68 Å². The van der Waals surface area contributed by atoms with Crippen LogP contribution in [0.4, 0.5) is 0 Å². The van der Waals surface area contributed by atoms with Crippen molar-refractivity contribution in [3.63, 3.8) is 0 Å². The molecule has 1 heterocycles. The minimum atomic E-state index is -0.874. The monoisotopic (exact) mass is 275 g/mol. The van der Waals surface area contributed by atoms with Gasteiger partial charge >= 0.3 is 5.97 Å². The van der Waals surface area contributed by atoms with Crippen LogP contribution in [-0.2, 0) is 17.8 Å². The van der Waals surface area contributed by atoms with Gasteiger partial charge in [0.15, 0.2) is 0 Å². The maximum atomic E-state index is 10.7. The highest BCUT2D eigenvalue weighted by Gasteiger charge is 2.07. The number of rotatable bonds is 8. The average Bonchev–Trinajstić information content (AvgIpc) is 2.86. The molecule has 2 aromatic rings. The number of para-hydroxylation sites is 1. The summed E-state index contributed by atoms with van der Waals surface area (Å²) >= 11 is 0. The first-order chi connectivity index (χ1) is 9.75. The molecule has 1 N–H and O–H groups in total. The zero-order valence-electron chi connectivity index (χ0n) is 11.1. The quantitative estimate of drug-likeness (QED) is 0.743. The standard InChI is InChI=1S/C14H17N3O3/c18-14(19)10-12-11-15-16-17(12)8-4-5-9-20-13-6-2-1-3-7-13/h1-3,6-7,11H,4-5,8-10H2,(H,18,19). The molecule has 1 aromatic heterocycles. The van der Waals surface area contributed by atoms with E-state index in [-0.39, 0.29) is 6.42 Å². The molecule has 0 radical (unpaired) electrons. The van der Waals surface area contributed by atoms with Crippen LogP contribution < -0.4 is 4.74 Å². The molecule has 2 rings (SSSR count). The highest BCUT2D eigenvalue weighted by atomic mass is 16.5. The zero-order chi connectivity index (χ0) is 14.2. The minimum Gasteiger partial charge on any atom is -0.494 e. The van der Waals surface area contributed by atoms with Crippen LogP contribution in [0.3, 0.4) is 0 Å². The number of nitrogens with zero attached hydrogens (tertiary/aromatic N) is 3. The molecule has 0 aliphatic carbocycles. The van der Waals surface area contributed by atoms with Gasteiger partial charge in [-0.2, -0.15) is 0 Å². The van der Waals surface area contributed by atoms with Crippen LogP contribution in [0.25, 0.3) is 0 Å². The number of ether oxygens (including phenoxy) is 1. The Morgan fingerprint density at radius 1 is 1.25 bits per heavy atom. The van der Waals surface area contributed by atoms with Crippen LogP contribution >= 0.6 is 0 Å². The number of aryl methyl sites for hydroxylation is 1. The Morgan fingerprint density at radius 3 is 2.80 bits per heavy atom. The van der Waals surface area contributed by atoms with Crippen molar-refractivity contribution in [1.29, 1.82) is 0 Å². The molecule has 0 unspecified atom stereocenters. The molecule has 106 valence electrons. The highest BCUT2D eigenvalue weighted by Crippen LogP contribution is 2.09. The van der Waals surface area contributed by atoms with Crippen LogP contribution in [0.2, 0.25) is 0 Å². The lowest BCUT2D eigenvalue weighted by molar-refractivity contribution is -0.136. The van der Waals surface area contributed by atoms with Crippen molar-refractivity contribution in [3.8, 4) is 5.75 Å². The van der Waals surface area contributed by atoms with E-state index in [9.17, 15) is 4.79 Å². The third-order valence-electron chi connectivity index (χ3n) is 2.81. The Hall–Kier alpha value is -2.37. The lowest BCUT2D eigenvalue weighted by Crippen LogP contribution is -2.10. The van der Waals surface area contributed by atoms with E-state index in [2.05, 4.69) is 10.3 Å². The van der Waals surface area contributed by atoms with Crippen molar-refractivity contribution in [2.75, 3.05) is 6.61 Å². The fourth-order valence-corrected chi connectivity index (χ4v) is 1.83. The molecule has 0 spiro atoms. The summed E-state index contributed by atoms with van der Waals surface area (Å²) in [5.41, 5.74) is 0.626. The third kappa shape index (κ3) is 4.38. The maximum Gasteiger partial charge on any atom is 0.309 e. The number of benzene rings is 1. The van der Waals surface area contributed by atoms with E-state index < -0.39 is 5.97 Å². The molecule has 0 saturated carbocycles. The van der Waals surface area contributed by atoms with E-state index in [0.29, 0.717) is 18.8 Å². The summed E-state index contributed by atoms with van der Waals surface area (Å²) in [6.45, 7) is 1.29. The first-order valence-electron chi connectivity index (χ1n) is 6.53. The lowest BCUT2D eigenvalue weighted by Gasteiger charge is -2.07. The topological polar surface area (TPSA) is 77.2 Å². The van der Waals surface area contributed by atoms with E-state index in [0.717, 1.165) is 18.6 Å². The van der Waals surface area contributed by atoms with Crippen molar-refractivity contribution in [3.05, 3.63) is 42.2 Å². The van der Waals surface area contributed by atoms with Crippen molar-refractivity contribution in [1.82, 2.24) is 15.0 Å². The second kappa shape index (κ2) is 7.28. The van der Waals surface area contributed by atoms with Gasteiger partial charge < -0.3 is 9.84 Å². The number of carboxylic acid groups (broad SMARTS) is 1. The third-order valence-corrected chi connectivity index (χ3v) is 2.81. The van der Waals surface area contributed by atoms with E-state index in [1.807, 2.05) is 30.3 Å². The summed E-state index contributed by atoms with van der Waals surface area (Å²) in [5.74, 6) is -0.0132. The molecular weight excluding hydrogens is 258 g/mol. The molecule has 0 saturated heterocycles. The summed E-state index contributed by atoms with van der Waals surface area (Å²) in [7, 11) is 0. The van der Waals surface area contributed by atoms with Crippen LogP contribution in [0.5, 0.6) is 5.75 Å². The van der Waals surface area contributed by atoms with Gasteiger partial charge in [-0.3, -0.25) is 4.79 Å². The van der Waals surface area contributed by atoms with E-state index >= 15 is 0 Å². The van der Waals surface area contributed by atoms with Gasteiger partial charge in [0.1, 0.15) is 5.75 Å². The molecule has 0 aliphatic heterocycles. The molecule has 20 heavy (non-hydrogen) atoms. The summed E-state index contributed by atoms with van der Waals surface area (Å²) in [6, 6.07) is 9.65. The molecule has 0 amide bonds. The Morgan fingerprint density at radius 2 is 2.05 bits per heavy atom. The van der Waals surface area contributed by atoms with Crippen molar-refractivity contribution in [2.24, 2.45) is 0 Å². The molecule has 0 aliphatic rings. The number of hydrogen-bond donors (Lipinski definition) is 1. The number of carbonyl (C=O) groups is 1. The predicted octanol–water partition coefficient (Wildman–Crippen LogP) is 1.76. The molecule has 0 bridgehead atoms. The zero-order valence-corrected chi connectivity index (χ0v) is 11.1. The molecule has 6 nitrogen and oxygen atoms in total. The van der Waals surface area contributed by atoms with Crippen LogP contribution in [0, 0.1) is 0 Å². The van der Waals surface area contributed by atoms with Gasteiger partial charge in [-0.15, -0.1) is 5.10 Å². The smallest absolute Gasteiger partial charge is 0.309 e. The molecular formula is C14H17N3O3. The largest absolute Gasteiger partial charge is 0.494 e. The van der Waals surface area contributed by atoms with Gasteiger partial charge in [-0.25, -0.2) is 4.68 Å². The van der Waals surface area contributed by atoms with Crippen LogP contribution in [-0.4, -0.2) is 32.7 Å². The minimum absolute atomic E-state index is 0.0481. The number of carboxylic acids is 1. The fourth-order valence-electron chi connectivity index (χ4n) is 1.83. The number of aromatic nitrogens is 3. The van der Waals surface area contributed by atoms with E-state index in [1.165, 1.54) is 6.20 Å². The SMILES string of the molecule is O=C(O)Cc1cnnn1CCCCOc1ccccc1. The Balaban J connectivity index is 1.68. The van der Waals surface area contributed by atoms with E-state index in [4.69, 9.17) is 9.84 Å². The number of aliphatic carboxylic acids is 1. The summed E-state index contributed by atoms with van der Waals surface area (Å²) in [6.07, 6.45) is 3.19. The first kappa shape index (κ1) is 14.0. The second-order valence-electron chi connectivity index (χ2n) is 4.39. The summed E-state index contributed by atoms with van der Waals surface area (Å²) in [4.78, 5) is 10.7. The Kier molecular flexibility index (Phi) is 5.11. The molecule has 6 heteroatoms. The second-order valence-corrected chi connectivity index (χ2v) is 4.39. The van der Waals surface area contributed by atoms with Crippen molar-refractivity contribution >= 4 is 5.97 Å². The first-order valence-corrected chi connectivity index (χ1v) is 6.53. The lowest BCUT2D eigenvalue weighted by atomic mass is 10.3. The van der Waals surface area contributed by atoms with Gasteiger partial charge in [0.25, 0.3) is 0 Å². The molecule has 0 atom stereocenters. The Labute approximate surface area is 117 Å². The van der Waals surface area contributed by atoms with Gasteiger partial charge in [-0.1, -0.05) is 23.4 Å². The number of unbranched alkanes of at least 4 members (excludes halogenated alkanes) is 1. The van der Waals surface area contributed by atoms with Crippen molar-refractivity contribution in [2.45, 2.75) is 25.8 Å². The van der Waals surface area contributed by atoms with Gasteiger partial charge in [0.2, 0.25) is 0 Å². The Bertz CT molecular complexity index is 540. The van der Waals surface area contributed by atoms with Crippen LogP contribution in [0.1, 0.15) is 18.5 Å². The van der Waals surface area contributed by atoms with Gasteiger partial charge in [-0.05, 0) is 25.0 Å². The fraction of sp³-hybridized carbons (Fsp3) is 0.357. The van der Waals surface area contributed by atoms with Gasteiger partial charge in [0.05, 0.1) is 24.9 Å². The maximum absolute atomic E-state index is 10.7. The molecule has 0 fully saturated rings. The summed E-state index contributed by atoms with van der Waals surface area (Å²) in [5, 5.41) is 16.4. The normalized spacial score (nSPS) is 10.4. The van der Waals surface area contributed by atoms with Gasteiger partial charge in [0, 0.05) is 6.54 Å². The summed E-state index contributed by atoms with van der Waals surface area (Å²) < 4.78 is 7.22.